The van der Waals surface area contributed by atoms with E-state index in [4.69, 9.17) is 21.1 Å². The van der Waals surface area contributed by atoms with Crippen molar-refractivity contribution in [3.05, 3.63) is 28.8 Å². The Labute approximate surface area is 108 Å². The van der Waals surface area contributed by atoms with E-state index < -0.39 is 0 Å². The van der Waals surface area contributed by atoms with E-state index in [2.05, 4.69) is 5.32 Å². The van der Waals surface area contributed by atoms with Gasteiger partial charge in [0, 0.05) is 23.7 Å². The molecule has 1 aromatic carbocycles. The topological polar surface area (TPSA) is 30.5 Å². The quantitative estimate of drug-likeness (QED) is 0.850. The van der Waals surface area contributed by atoms with Crippen LogP contribution in [-0.4, -0.2) is 27.4 Å². The predicted molar refractivity (Wildman–Crippen MR) is 70.9 cm³/mol. The van der Waals surface area contributed by atoms with E-state index in [0.717, 1.165) is 17.7 Å². The Morgan fingerprint density at radius 1 is 1.35 bits per heavy atom. The molecule has 0 aliphatic carbocycles. The van der Waals surface area contributed by atoms with Crippen LogP contribution in [0.25, 0.3) is 0 Å². The fourth-order valence-corrected chi connectivity index (χ4v) is 1.99. The first kappa shape index (κ1) is 14.3. The lowest BCUT2D eigenvalue weighted by atomic mass is 10.0. The predicted octanol–water partition coefficient (Wildman–Crippen LogP) is 3.03. The lowest BCUT2D eigenvalue weighted by molar-refractivity contribution is 0.101. The molecule has 2 unspecified atom stereocenters. The van der Waals surface area contributed by atoms with Crippen LogP contribution in [0, 0.1) is 0 Å². The van der Waals surface area contributed by atoms with E-state index in [9.17, 15) is 0 Å². The van der Waals surface area contributed by atoms with Crippen molar-refractivity contribution in [2.24, 2.45) is 0 Å². The van der Waals surface area contributed by atoms with Crippen LogP contribution >= 0.6 is 11.6 Å². The number of rotatable bonds is 6. The highest BCUT2D eigenvalue weighted by Gasteiger charge is 2.17. The van der Waals surface area contributed by atoms with Crippen LogP contribution in [0.1, 0.15) is 24.9 Å². The Bertz CT molecular complexity index is 357. The third kappa shape index (κ3) is 3.87. The second kappa shape index (κ2) is 6.84. The summed E-state index contributed by atoms with van der Waals surface area (Å²) in [5.74, 6) is 0.844. The third-order valence-electron chi connectivity index (χ3n) is 2.89. The SMILES string of the molecule is CNC(CC(C)OC)c1cc(Cl)ccc1OC. The first-order valence-electron chi connectivity index (χ1n) is 5.65. The molecule has 1 rings (SSSR count). The van der Waals surface area contributed by atoms with E-state index in [1.807, 2.05) is 32.2 Å². The maximum atomic E-state index is 6.03. The van der Waals surface area contributed by atoms with Gasteiger partial charge in [-0.2, -0.15) is 0 Å². The van der Waals surface area contributed by atoms with Gasteiger partial charge in [0.15, 0.2) is 0 Å². The van der Waals surface area contributed by atoms with Crippen molar-refractivity contribution in [3.8, 4) is 5.75 Å². The summed E-state index contributed by atoms with van der Waals surface area (Å²) in [5, 5.41) is 3.98. The summed E-state index contributed by atoms with van der Waals surface area (Å²) in [6.45, 7) is 2.04. The van der Waals surface area contributed by atoms with Gasteiger partial charge in [0.2, 0.25) is 0 Å². The molecule has 96 valence electrons. The molecule has 2 atom stereocenters. The highest BCUT2D eigenvalue weighted by molar-refractivity contribution is 6.30. The van der Waals surface area contributed by atoms with Crippen molar-refractivity contribution >= 4 is 11.6 Å². The van der Waals surface area contributed by atoms with Gasteiger partial charge >= 0.3 is 0 Å². The van der Waals surface area contributed by atoms with Crippen LogP contribution in [0.15, 0.2) is 18.2 Å². The molecular formula is C13H20ClNO2. The Morgan fingerprint density at radius 3 is 2.59 bits per heavy atom. The van der Waals surface area contributed by atoms with Gasteiger partial charge in [0.05, 0.1) is 13.2 Å². The smallest absolute Gasteiger partial charge is 0.123 e. The van der Waals surface area contributed by atoms with Gasteiger partial charge < -0.3 is 14.8 Å². The van der Waals surface area contributed by atoms with Gasteiger partial charge in [0.25, 0.3) is 0 Å². The largest absolute Gasteiger partial charge is 0.496 e. The van der Waals surface area contributed by atoms with Crippen LogP contribution < -0.4 is 10.1 Å². The number of hydrogen-bond acceptors (Lipinski definition) is 3. The van der Waals surface area contributed by atoms with Crippen LogP contribution in [-0.2, 0) is 4.74 Å². The van der Waals surface area contributed by atoms with Gasteiger partial charge in [-0.25, -0.2) is 0 Å². The minimum Gasteiger partial charge on any atom is -0.496 e. The molecule has 0 saturated carbocycles. The number of nitrogens with one attached hydrogen (secondary N) is 1. The van der Waals surface area contributed by atoms with Crippen LogP contribution in [0.3, 0.4) is 0 Å². The van der Waals surface area contributed by atoms with E-state index in [1.165, 1.54) is 0 Å². The highest BCUT2D eigenvalue weighted by atomic mass is 35.5. The molecule has 1 aromatic rings. The maximum absolute atomic E-state index is 6.03. The number of methoxy groups -OCH3 is 2. The van der Waals surface area contributed by atoms with E-state index in [0.29, 0.717) is 5.02 Å². The molecule has 1 N–H and O–H groups in total. The molecule has 0 amide bonds. The van der Waals surface area contributed by atoms with E-state index >= 15 is 0 Å². The minimum absolute atomic E-state index is 0.165. The number of ether oxygens (including phenoxy) is 2. The molecule has 0 heterocycles. The highest BCUT2D eigenvalue weighted by Crippen LogP contribution is 2.30. The van der Waals surface area contributed by atoms with Crippen LogP contribution in [0.4, 0.5) is 0 Å². The standard InChI is InChI=1S/C13H20ClNO2/c1-9(16-3)7-12(15-2)11-8-10(14)5-6-13(11)17-4/h5-6,8-9,12,15H,7H2,1-4H3. The summed E-state index contributed by atoms with van der Waals surface area (Å²) in [4.78, 5) is 0. The molecule has 0 fully saturated rings. The third-order valence-corrected chi connectivity index (χ3v) is 3.12. The molecule has 0 radical (unpaired) electrons. The Morgan fingerprint density at radius 2 is 2.06 bits per heavy atom. The second-order valence-corrected chi connectivity index (χ2v) is 4.45. The molecule has 0 aliphatic rings. The fraction of sp³-hybridized carbons (Fsp3) is 0.538. The number of hydrogen-bond donors (Lipinski definition) is 1. The number of benzene rings is 1. The van der Waals surface area contributed by atoms with Crippen LogP contribution in [0.5, 0.6) is 5.75 Å². The summed E-state index contributed by atoms with van der Waals surface area (Å²) in [7, 11) is 5.30. The van der Waals surface area contributed by atoms with Crippen LogP contribution in [0.2, 0.25) is 5.02 Å². The zero-order valence-electron chi connectivity index (χ0n) is 10.8. The van der Waals surface area contributed by atoms with Crippen molar-refractivity contribution in [2.45, 2.75) is 25.5 Å². The van der Waals surface area contributed by atoms with Crippen molar-refractivity contribution in [3.63, 3.8) is 0 Å². The fourth-order valence-electron chi connectivity index (χ4n) is 1.81. The zero-order valence-corrected chi connectivity index (χ0v) is 11.5. The van der Waals surface area contributed by atoms with Gasteiger partial charge in [-0.1, -0.05) is 11.6 Å². The normalized spacial score (nSPS) is 14.4. The van der Waals surface area contributed by atoms with Gasteiger partial charge in [-0.3, -0.25) is 0 Å². The summed E-state index contributed by atoms with van der Waals surface area (Å²) >= 11 is 6.03. The molecule has 0 bridgehead atoms. The van der Waals surface area contributed by atoms with E-state index in [-0.39, 0.29) is 12.1 Å². The summed E-state index contributed by atoms with van der Waals surface area (Å²) in [6.07, 6.45) is 1.04. The lowest BCUT2D eigenvalue weighted by Gasteiger charge is -2.22. The molecule has 17 heavy (non-hydrogen) atoms. The van der Waals surface area contributed by atoms with Crippen molar-refractivity contribution in [1.29, 1.82) is 0 Å². The number of halogens is 1. The van der Waals surface area contributed by atoms with E-state index in [1.54, 1.807) is 14.2 Å². The first-order chi connectivity index (χ1) is 8.12. The molecular weight excluding hydrogens is 238 g/mol. The van der Waals surface area contributed by atoms with Gasteiger partial charge in [-0.05, 0) is 38.6 Å². The zero-order chi connectivity index (χ0) is 12.8. The molecule has 0 spiro atoms. The minimum atomic E-state index is 0.165. The molecule has 0 aliphatic heterocycles. The molecule has 0 aromatic heterocycles. The Balaban J connectivity index is 2.97. The monoisotopic (exact) mass is 257 g/mol. The maximum Gasteiger partial charge on any atom is 0.123 e. The van der Waals surface area contributed by atoms with Crippen molar-refractivity contribution in [2.75, 3.05) is 21.3 Å². The summed E-state index contributed by atoms with van der Waals surface area (Å²) < 4.78 is 10.7. The Kier molecular flexibility index (Phi) is 5.75. The van der Waals surface area contributed by atoms with Gasteiger partial charge in [-0.15, -0.1) is 0 Å². The van der Waals surface area contributed by atoms with Gasteiger partial charge in [0.1, 0.15) is 5.75 Å². The summed E-state index contributed by atoms with van der Waals surface area (Å²) in [6, 6.07) is 5.82. The average Bonchev–Trinajstić information content (AvgIpc) is 2.35. The summed E-state index contributed by atoms with van der Waals surface area (Å²) in [5.41, 5.74) is 1.06. The van der Waals surface area contributed by atoms with Crippen molar-refractivity contribution in [1.82, 2.24) is 5.32 Å². The Hall–Kier alpha value is -0.770. The lowest BCUT2D eigenvalue weighted by Crippen LogP contribution is -2.22. The van der Waals surface area contributed by atoms with Crippen molar-refractivity contribution < 1.29 is 9.47 Å². The molecule has 3 nitrogen and oxygen atoms in total. The average molecular weight is 258 g/mol. The molecule has 4 heteroatoms. The molecule has 0 saturated heterocycles. The first-order valence-corrected chi connectivity index (χ1v) is 6.03. The second-order valence-electron chi connectivity index (χ2n) is 4.01.